The van der Waals surface area contributed by atoms with E-state index in [4.69, 9.17) is 15.1 Å². The topological polar surface area (TPSA) is 122 Å². The van der Waals surface area contributed by atoms with Crippen molar-refractivity contribution in [2.75, 3.05) is 6.61 Å². The molecule has 1 aromatic rings. The third kappa shape index (κ3) is 2.33. The highest BCUT2D eigenvalue weighted by atomic mass is 16.6. The summed E-state index contributed by atoms with van der Waals surface area (Å²) < 4.78 is 5.31. The van der Waals surface area contributed by atoms with Gasteiger partial charge in [0, 0.05) is 0 Å². The third-order valence-corrected chi connectivity index (χ3v) is 2.89. The monoisotopic (exact) mass is 263 g/mol. The minimum atomic E-state index is -1.22. The minimum absolute atomic E-state index is 0.0992. The molecule has 0 radical (unpaired) electrons. The summed E-state index contributed by atoms with van der Waals surface area (Å²) in [5, 5.41) is 37.4. The average Bonchev–Trinajstić information content (AvgIpc) is 2.93. The van der Waals surface area contributed by atoms with Gasteiger partial charge in [-0.15, -0.1) is 0 Å². The molecule has 7 nitrogen and oxygen atoms in total. The summed E-state index contributed by atoms with van der Waals surface area (Å²) in [6.45, 7) is 1.20. The molecule has 0 aromatic carbocycles. The van der Waals surface area contributed by atoms with Gasteiger partial charge < -0.3 is 25.0 Å². The molecule has 0 amide bonds. The first-order valence-electron chi connectivity index (χ1n) is 5.67. The highest BCUT2D eigenvalue weighted by Crippen LogP contribution is 2.32. The Hall–Kier alpha value is -1.90. The molecule has 1 aliphatic heterocycles. The van der Waals surface area contributed by atoms with Crippen molar-refractivity contribution in [1.82, 2.24) is 9.97 Å². The standard InChI is InChI=1S/C12H13N3O4/c1-2-3-6-7(4-13)15-12(14-6)11-10(18)9(17)8(5-16)19-11/h8-11,16-18H,5H2,1H3,(H,14,15)/t8-,9-,10-,11-/m1/s1. The van der Waals surface area contributed by atoms with Gasteiger partial charge in [-0.1, -0.05) is 5.92 Å². The first-order chi connectivity index (χ1) is 9.12. The molecule has 1 saturated heterocycles. The molecule has 1 fully saturated rings. The van der Waals surface area contributed by atoms with Crippen LogP contribution < -0.4 is 0 Å². The van der Waals surface area contributed by atoms with Gasteiger partial charge in [-0.05, 0) is 12.8 Å². The lowest BCUT2D eigenvalue weighted by Gasteiger charge is -2.11. The molecule has 1 aliphatic rings. The molecule has 7 heteroatoms. The number of aromatic nitrogens is 2. The number of nitriles is 1. The number of aliphatic hydroxyl groups is 3. The smallest absolute Gasteiger partial charge is 0.174 e. The second-order valence-corrected chi connectivity index (χ2v) is 4.09. The van der Waals surface area contributed by atoms with Crippen LogP contribution in [0, 0.1) is 23.2 Å². The molecule has 2 rings (SSSR count). The van der Waals surface area contributed by atoms with Crippen LogP contribution in [0.4, 0.5) is 0 Å². The molecule has 100 valence electrons. The van der Waals surface area contributed by atoms with E-state index < -0.39 is 31.0 Å². The first-order valence-corrected chi connectivity index (χ1v) is 5.67. The van der Waals surface area contributed by atoms with E-state index in [1.807, 2.05) is 6.07 Å². The van der Waals surface area contributed by atoms with Crippen molar-refractivity contribution in [1.29, 1.82) is 5.26 Å². The zero-order valence-electron chi connectivity index (χ0n) is 10.2. The zero-order valence-corrected chi connectivity index (χ0v) is 10.2. The summed E-state index contributed by atoms with van der Waals surface area (Å²) >= 11 is 0. The van der Waals surface area contributed by atoms with Crippen LogP contribution in [-0.4, -0.2) is 50.2 Å². The number of ether oxygens (including phenoxy) is 1. The lowest BCUT2D eigenvalue weighted by atomic mass is 10.1. The molecule has 0 aliphatic carbocycles. The summed E-state index contributed by atoms with van der Waals surface area (Å²) in [6.07, 6.45) is -4.23. The van der Waals surface area contributed by atoms with Crippen LogP contribution in [0.2, 0.25) is 0 Å². The Balaban J connectivity index is 2.32. The Morgan fingerprint density at radius 1 is 1.42 bits per heavy atom. The number of nitrogens with one attached hydrogen (secondary N) is 1. The number of nitrogens with zero attached hydrogens (tertiary/aromatic N) is 2. The van der Waals surface area contributed by atoms with Gasteiger partial charge in [0.25, 0.3) is 0 Å². The van der Waals surface area contributed by atoms with Crippen molar-refractivity contribution >= 4 is 0 Å². The van der Waals surface area contributed by atoms with Crippen LogP contribution in [0.1, 0.15) is 30.2 Å². The maximum Gasteiger partial charge on any atom is 0.174 e. The molecular formula is C12H13N3O4. The van der Waals surface area contributed by atoms with E-state index in [0.717, 1.165) is 0 Å². The Labute approximate surface area is 109 Å². The molecule has 2 heterocycles. The molecular weight excluding hydrogens is 250 g/mol. The summed E-state index contributed by atoms with van der Waals surface area (Å²) in [5.74, 6) is 5.53. The fourth-order valence-electron chi connectivity index (χ4n) is 1.95. The number of hydrogen-bond donors (Lipinski definition) is 4. The van der Waals surface area contributed by atoms with Crippen molar-refractivity contribution in [3.05, 3.63) is 17.2 Å². The van der Waals surface area contributed by atoms with Crippen molar-refractivity contribution < 1.29 is 20.1 Å². The molecule has 0 unspecified atom stereocenters. The maximum absolute atomic E-state index is 9.85. The Kier molecular flexibility index (Phi) is 3.84. The van der Waals surface area contributed by atoms with E-state index in [1.54, 1.807) is 6.92 Å². The highest BCUT2D eigenvalue weighted by Gasteiger charge is 2.44. The third-order valence-electron chi connectivity index (χ3n) is 2.89. The minimum Gasteiger partial charge on any atom is -0.394 e. The second kappa shape index (κ2) is 5.39. The van der Waals surface area contributed by atoms with Crippen LogP contribution in [0.3, 0.4) is 0 Å². The fraction of sp³-hybridized carbons (Fsp3) is 0.500. The number of aliphatic hydroxyl groups excluding tert-OH is 3. The van der Waals surface area contributed by atoms with Gasteiger partial charge in [0.1, 0.15) is 42.0 Å². The molecule has 1 aromatic heterocycles. The lowest BCUT2D eigenvalue weighted by molar-refractivity contribution is -0.0250. The van der Waals surface area contributed by atoms with E-state index in [1.165, 1.54) is 0 Å². The number of rotatable bonds is 2. The molecule has 0 spiro atoms. The first kappa shape index (κ1) is 13.5. The summed E-state index contributed by atoms with van der Waals surface area (Å²) in [4.78, 5) is 6.77. The van der Waals surface area contributed by atoms with Crippen LogP contribution in [0.5, 0.6) is 0 Å². The van der Waals surface area contributed by atoms with E-state index in [-0.39, 0.29) is 11.5 Å². The van der Waals surface area contributed by atoms with Gasteiger partial charge in [0.15, 0.2) is 5.69 Å². The average molecular weight is 263 g/mol. The van der Waals surface area contributed by atoms with Crippen LogP contribution in [-0.2, 0) is 4.74 Å². The molecule has 0 bridgehead atoms. The summed E-state index contributed by atoms with van der Waals surface area (Å²) in [7, 11) is 0. The Morgan fingerprint density at radius 2 is 2.16 bits per heavy atom. The molecule has 4 N–H and O–H groups in total. The van der Waals surface area contributed by atoms with Crippen LogP contribution in [0.25, 0.3) is 0 Å². The maximum atomic E-state index is 9.85. The van der Waals surface area contributed by atoms with Gasteiger partial charge in [0.05, 0.1) is 6.61 Å². The Bertz CT molecular complexity index is 566. The van der Waals surface area contributed by atoms with E-state index in [2.05, 4.69) is 21.8 Å². The van der Waals surface area contributed by atoms with Gasteiger partial charge >= 0.3 is 0 Å². The van der Waals surface area contributed by atoms with Gasteiger partial charge in [-0.3, -0.25) is 0 Å². The van der Waals surface area contributed by atoms with Gasteiger partial charge in [-0.25, -0.2) is 4.98 Å². The van der Waals surface area contributed by atoms with Crippen LogP contribution in [0.15, 0.2) is 0 Å². The SMILES string of the molecule is CC#Cc1[nH]c([C@@H]2O[C@H](CO)[C@@H](O)[C@H]2O)nc1C#N. The van der Waals surface area contributed by atoms with E-state index in [9.17, 15) is 10.2 Å². The number of aromatic amines is 1. The molecule has 19 heavy (non-hydrogen) atoms. The predicted molar refractivity (Wildman–Crippen MR) is 62.6 cm³/mol. The number of hydrogen-bond acceptors (Lipinski definition) is 6. The van der Waals surface area contributed by atoms with Crippen molar-refractivity contribution in [2.24, 2.45) is 0 Å². The normalized spacial score (nSPS) is 29.6. The summed E-state index contributed by atoms with van der Waals surface area (Å²) in [5.41, 5.74) is 0.430. The van der Waals surface area contributed by atoms with E-state index in [0.29, 0.717) is 5.69 Å². The quantitative estimate of drug-likeness (QED) is 0.497. The van der Waals surface area contributed by atoms with E-state index >= 15 is 0 Å². The van der Waals surface area contributed by atoms with Crippen molar-refractivity contribution in [3.63, 3.8) is 0 Å². The largest absolute Gasteiger partial charge is 0.394 e. The number of imidazole rings is 1. The lowest BCUT2D eigenvalue weighted by Crippen LogP contribution is -2.32. The van der Waals surface area contributed by atoms with Crippen molar-refractivity contribution in [3.8, 4) is 17.9 Å². The van der Waals surface area contributed by atoms with Gasteiger partial charge in [-0.2, -0.15) is 5.26 Å². The fourth-order valence-corrected chi connectivity index (χ4v) is 1.95. The highest BCUT2D eigenvalue weighted by molar-refractivity contribution is 5.40. The molecule has 0 saturated carbocycles. The second-order valence-electron chi connectivity index (χ2n) is 4.09. The zero-order chi connectivity index (χ0) is 14.0. The van der Waals surface area contributed by atoms with Crippen molar-refractivity contribution in [2.45, 2.75) is 31.3 Å². The Morgan fingerprint density at radius 3 is 2.68 bits per heavy atom. The van der Waals surface area contributed by atoms with Gasteiger partial charge in [0.2, 0.25) is 0 Å². The predicted octanol–water partition coefficient (Wildman–Crippen LogP) is -1.19. The number of H-pyrrole nitrogens is 1. The summed E-state index contributed by atoms with van der Waals surface area (Å²) in [6, 6.07) is 1.88. The van der Waals surface area contributed by atoms with Crippen LogP contribution >= 0.6 is 0 Å². The molecule has 4 atom stereocenters.